The fraction of sp³-hybridized carbons (Fsp3) is 0.125. The molecule has 0 bridgehead atoms. The molecule has 0 aliphatic heterocycles. The Morgan fingerprint density at radius 3 is 2.19 bits per heavy atom. The van der Waals surface area contributed by atoms with E-state index in [-0.39, 0.29) is 22.1 Å². The number of amides is 1. The van der Waals surface area contributed by atoms with E-state index in [9.17, 15) is 31.1 Å². The number of nitrogens with one attached hydrogen (secondary N) is 1. The molecule has 4 nitrogen and oxygen atoms in total. The summed E-state index contributed by atoms with van der Waals surface area (Å²) >= 11 is 1.32. The number of carbonyl (C=O) groups is 1. The molecule has 3 rings (SSSR count). The zero-order valence-corrected chi connectivity index (χ0v) is 13.9. The van der Waals surface area contributed by atoms with Gasteiger partial charge in [-0.25, -0.2) is 4.68 Å². The molecule has 27 heavy (non-hydrogen) atoms. The number of hydrogen-bond donors (Lipinski definition) is 1. The van der Waals surface area contributed by atoms with Gasteiger partial charge in [0.15, 0.2) is 5.69 Å². The summed E-state index contributed by atoms with van der Waals surface area (Å²) in [4.78, 5) is 11.9. The van der Waals surface area contributed by atoms with Gasteiger partial charge >= 0.3 is 12.4 Å². The van der Waals surface area contributed by atoms with Crippen molar-refractivity contribution in [2.24, 2.45) is 0 Å². The van der Waals surface area contributed by atoms with E-state index in [0.29, 0.717) is 5.56 Å². The molecule has 0 saturated carbocycles. The van der Waals surface area contributed by atoms with E-state index >= 15 is 0 Å². The van der Waals surface area contributed by atoms with Crippen LogP contribution in [0.4, 0.5) is 32.0 Å². The maximum atomic E-state index is 13.1. The molecule has 0 aliphatic carbocycles. The van der Waals surface area contributed by atoms with Crippen molar-refractivity contribution >= 4 is 22.9 Å². The fourth-order valence-corrected chi connectivity index (χ4v) is 2.84. The molecule has 142 valence electrons. The maximum absolute atomic E-state index is 13.1. The molecule has 0 aliphatic rings. The first-order valence-electron chi connectivity index (χ1n) is 7.24. The number of nitrogens with zero attached hydrogens (tertiary/aromatic N) is 2. The van der Waals surface area contributed by atoms with Gasteiger partial charge in [0.2, 0.25) is 0 Å². The number of benzene rings is 1. The number of thiophene rings is 1. The molecule has 0 fully saturated rings. The van der Waals surface area contributed by atoms with Crippen molar-refractivity contribution < 1.29 is 31.1 Å². The summed E-state index contributed by atoms with van der Waals surface area (Å²) in [5.41, 5.74) is -2.75. The molecule has 11 heteroatoms. The first-order valence-corrected chi connectivity index (χ1v) is 8.18. The highest BCUT2D eigenvalue weighted by Crippen LogP contribution is 2.36. The molecule has 0 radical (unpaired) electrons. The third-order valence-corrected chi connectivity index (χ3v) is 4.13. The second kappa shape index (κ2) is 6.72. The van der Waals surface area contributed by atoms with Gasteiger partial charge in [-0.3, -0.25) is 4.79 Å². The average molecular weight is 405 g/mol. The highest BCUT2D eigenvalue weighted by Gasteiger charge is 2.42. The van der Waals surface area contributed by atoms with Crippen LogP contribution in [0.25, 0.3) is 5.69 Å². The Kier molecular flexibility index (Phi) is 4.72. The van der Waals surface area contributed by atoms with E-state index in [0.717, 1.165) is 12.1 Å². The third-order valence-electron chi connectivity index (χ3n) is 3.44. The van der Waals surface area contributed by atoms with Crippen LogP contribution in [0.2, 0.25) is 0 Å². The molecule has 0 saturated heterocycles. The molecular formula is C16H9F6N3OS. The summed E-state index contributed by atoms with van der Waals surface area (Å²) < 4.78 is 77.6. The standard InChI is InChI=1S/C16H9F6N3OS/c17-15(18,19)12-7-13(16(20,21)22)25(24-12)11-3-1-10(2-4-11)23-14(26)9-5-6-27-8-9/h1-8H,(H,23,26). The first kappa shape index (κ1) is 19.0. The lowest BCUT2D eigenvalue weighted by Crippen LogP contribution is -2.14. The quantitative estimate of drug-likeness (QED) is 0.607. The molecule has 1 N–H and O–H groups in total. The number of aromatic nitrogens is 2. The monoisotopic (exact) mass is 405 g/mol. The Morgan fingerprint density at radius 2 is 1.67 bits per heavy atom. The van der Waals surface area contributed by atoms with Gasteiger partial charge in [-0.2, -0.15) is 42.8 Å². The Hall–Kier alpha value is -2.82. The summed E-state index contributed by atoms with van der Waals surface area (Å²) in [7, 11) is 0. The zero-order valence-electron chi connectivity index (χ0n) is 13.1. The predicted molar refractivity (Wildman–Crippen MR) is 85.8 cm³/mol. The van der Waals surface area contributed by atoms with Crippen molar-refractivity contribution in [2.45, 2.75) is 12.4 Å². The van der Waals surface area contributed by atoms with Crippen LogP contribution in [-0.4, -0.2) is 15.7 Å². The van der Waals surface area contributed by atoms with Crippen molar-refractivity contribution in [3.63, 3.8) is 0 Å². The van der Waals surface area contributed by atoms with Crippen molar-refractivity contribution in [1.82, 2.24) is 9.78 Å². The lowest BCUT2D eigenvalue weighted by molar-refractivity contribution is -0.143. The minimum atomic E-state index is -5.03. The second-order valence-corrected chi connectivity index (χ2v) is 6.12. The molecule has 2 aromatic heterocycles. The van der Waals surface area contributed by atoms with E-state index in [2.05, 4.69) is 10.4 Å². The van der Waals surface area contributed by atoms with Gasteiger partial charge in [0.25, 0.3) is 5.91 Å². The molecule has 0 spiro atoms. The predicted octanol–water partition coefficient (Wildman–Crippen LogP) is 5.22. The SMILES string of the molecule is O=C(Nc1ccc(-n2nc(C(F)(F)F)cc2C(F)(F)F)cc1)c1ccsc1. The van der Waals surface area contributed by atoms with E-state index in [1.165, 1.54) is 23.5 Å². The van der Waals surface area contributed by atoms with Crippen LogP contribution in [0.1, 0.15) is 21.7 Å². The number of alkyl halides is 6. The normalized spacial score (nSPS) is 12.2. The summed E-state index contributed by atoms with van der Waals surface area (Å²) in [5.74, 6) is -0.418. The minimum absolute atomic E-state index is 0.0493. The second-order valence-electron chi connectivity index (χ2n) is 5.34. The van der Waals surface area contributed by atoms with Gasteiger partial charge in [-0.15, -0.1) is 0 Å². The number of rotatable bonds is 3. The molecule has 3 aromatic rings. The molecular weight excluding hydrogens is 396 g/mol. The van der Waals surface area contributed by atoms with Gasteiger partial charge < -0.3 is 5.32 Å². The van der Waals surface area contributed by atoms with E-state index in [1.807, 2.05) is 0 Å². The van der Waals surface area contributed by atoms with Crippen LogP contribution in [0.5, 0.6) is 0 Å². The number of hydrogen-bond acceptors (Lipinski definition) is 3. The molecule has 1 aromatic carbocycles. The lowest BCUT2D eigenvalue weighted by atomic mass is 10.2. The van der Waals surface area contributed by atoms with Crippen LogP contribution < -0.4 is 5.32 Å². The number of carbonyl (C=O) groups excluding carboxylic acids is 1. The third kappa shape index (κ3) is 4.13. The maximum Gasteiger partial charge on any atom is 0.435 e. The lowest BCUT2D eigenvalue weighted by Gasteiger charge is -2.11. The zero-order chi connectivity index (χ0) is 19.8. The Labute approximate surface area is 152 Å². The fourth-order valence-electron chi connectivity index (χ4n) is 2.20. The van der Waals surface area contributed by atoms with Crippen LogP contribution in [0.3, 0.4) is 0 Å². The van der Waals surface area contributed by atoms with Crippen LogP contribution in [0.15, 0.2) is 47.2 Å². The van der Waals surface area contributed by atoms with Crippen LogP contribution in [0, 0.1) is 0 Å². The van der Waals surface area contributed by atoms with E-state index in [1.54, 1.807) is 16.8 Å². The van der Waals surface area contributed by atoms with Gasteiger partial charge in [0.05, 0.1) is 11.3 Å². The van der Waals surface area contributed by atoms with Crippen molar-refractivity contribution in [2.75, 3.05) is 5.32 Å². The van der Waals surface area contributed by atoms with Crippen molar-refractivity contribution in [3.05, 3.63) is 64.1 Å². The Bertz CT molecular complexity index is 942. The largest absolute Gasteiger partial charge is 0.435 e. The minimum Gasteiger partial charge on any atom is -0.322 e. The van der Waals surface area contributed by atoms with Gasteiger partial charge in [0.1, 0.15) is 5.69 Å². The topological polar surface area (TPSA) is 46.9 Å². The summed E-state index contributed by atoms with van der Waals surface area (Å²) in [6.45, 7) is 0. The highest BCUT2D eigenvalue weighted by atomic mass is 32.1. The summed E-state index contributed by atoms with van der Waals surface area (Å²) in [6, 6.07) is 6.35. The van der Waals surface area contributed by atoms with Crippen molar-refractivity contribution in [1.29, 1.82) is 0 Å². The van der Waals surface area contributed by atoms with Gasteiger partial charge in [-0.1, -0.05) is 0 Å². The average Bonchev–Trinajstić information content (AvgIpc) is 3.24. The number of halogens is 6. The smallest absolute Gasteiger partial charge is 0.322 e. The van der Waals surface area contributed by atoms with Crippen molar-refractivity contribution in [3.8, 4) is 5.69 Å². The van der Waals surface area contributed by atoms with Gasteiger partial charge in [-0.05, 0) is 35.7 Å². The molecule has 1 amide bonds. The highest BCUT2D eigenvalue weighted by molar-refractivity contribution is 7.08. The van der Waals surface area contributed by atoms with Crippen LogP contribution in [-0.2, 0) is 12.4 Å². The number of anilines is 1. The molecule has 2 heterocycles. The Balaban J connectivity index is 1.91. The van der Waals surface area contributed by atoms with E-state index in [4.69, 9.17) is 0 Å². The van der Waals surface area contributed by atoms with Crippen LogP contribution >= 0.6 is 11.3 Å². The summed E-state index contributed by atoms with van der Waals surface area (Å²) in [5, 5.41) is 8.88. The summed E-state index contributed by atoms with van der Waals surface area (Å²) in [6.07, 6.45) is -10.0. The molecule has 0 atom stereocenters. The van der Waals surface area contributed by atoms with E-state index < -0.39 is 29.6 Å². The Morgan fingerprint density at radius 1 is 1.00 bits per heavy atom. The molecule has 0 unspecified atom stereocenters. The van der Waals surface area contributed by atoms with Gasteiger partial charge in [0, 0.05) is 17.1 Å². The first-order chi connectivity index (χ1) is 12.6.